The number of hydrogen-bond donors (Lipinski definition) is 0. The first kappa shape index (κ1) is 11.1. The summed E-state index contributed by atoms with van der Waals surface area (Å²) in [7, 11) is 0. The molecule has 0 radical (unpaired) electrons. The topological polar surface area (TPSA) is 65.0 Å². The lowest BCUT2D eigenvalue weighted by atomic mass is 10.8. The highest BCUT2D eigenvalue weighted by molar-refractivity contribution is 7.07. The van der Waals surface area contributed by atoms with Crippen molar-refractivity contribution in [3.8, 4) is 0 Å². The van der Waals surface area contributed by atoms with Crippen molar-refractivity contribution in [1.82, 2.24) is 15.1 Å². The van der Waals surface area contributed by atoms with E-state index in [-0.39, 0.29) is 0 Å². The highest BCUT2D eigenvalue weighted by Gasteiger charge is 1.60. The average molecular weight is 223 g/mol. The van der Waals surface area contributed by atoms with Crippen molar-refractivity contribution in [3.05, 3.63) is 54.5 Å². The van der Waals surface area contributed by atoms with Gasteiger partial charge in [-0.1, -0.05) is 5.16 Å². The van der Waals surface area contributed by atoms with Crippen LogP contribution in [0.4, 0.5) is 0 Å². The second-order valence-electron chi connectivity index (χ2n) is 2.04. The Morgan fingerprint density at radius 2 is 2.00 bits per heavy atom. The van der Waals surface area contributed by atoms with Crippen molar-refractivity contribution >= 4 is 11.3 Å². The zero-order chi connectivity index (χ0) is 10.6. The van der Waals surface area contributed by atoms with Crippen LogP contribution in [0.1, 0.15) is 0 Å². The van der Waals surface area contributed by atoms with E-state index < -0.39 is 0 Å². The van der Waals surface area contributed by atoms with Crippen molar-refractivity contribution < 1.29 is 8.94 Å². The molecule has 15 heavy (non-hydrogen) atoms. The van der Waals surface area contributed by atoms with Gasteiger partial charge in [-0.05, 0) is 6.07 Å². The first-order chi connectivity index (χ1) is 7.50. The highest BCUT2D eigenvalue weighted by Crippen LogP contribution is 1.85. The van der Waals surface area contributed by atoms with E-state index in [9.17, 15) is 0 Å². The molecule has 0 N–H and O–H groups in total. The molecule has 5 nitrogen and oxygen atoms in total. The third-order valence-corrected chi connectivity index (χ3v) is 1.56. The van der Waals surface area contributed by atoms with Crippen molar-refractivity contribution in [3.63, 3.8) is 0 Å². The Bertz CT molecular complexity index is 255. The molecule has 0 aliphatic carbocycles. The Labute approximate surface area is 90.4 Å². The van der Waals surface area contributed by atoms with E-state index in [2.05, 4.69) is 24.1 Å². The number of nitrogens with zero attached hydrogens (tertiary/aromatic N) is 3. The molecule has 0 aliphatic rings. The summed E-state index contributed by atoms with van der Waals surface area (Å²) in [6, 6.07) is 1.72. The molecule has 0 aromatic carbocycles. The van der Waals surface area contributed by atoms with Gasteiger partial charge >= 0.3 is 0 Å². The smallest absolute Gasteiger partial charge is 0.180 e. The maximum Gasteiger partial charge on any atom is 0.180 e. The van der Waals surface area contributed by atoms with Gasteiger partial charge in [-0.15, -0.1) is 11.3 Å². The Morgan fingerprint density at radius 3 is 2.20 bits per heavy atom. The lowest BCUT2D eigenvalue weighted by Gasteiger charge is -1.48. The number of aromatic nitrogens is 3. The monoisotopic (exact) mass is 223 g/mol. The lowest BCUT2D eigenvalue weighted by Crippen LogP contribution is -1.38. The highest BCUT2D eigenvalue weighted by atomic mass is 32.1. The van der Waals surface area contributed by atoms with E-state index in [1.807, 2.05) is 5.38 Å². The summed E-state index contributed by atoms with van der Waals surface area (Å²) in [4.78, 5) is 7.30. The van der Waals surface area contributed by atoms with Crippen LogP contribution in [0.5, 0.6) is 0 Å². The van der Waals surface area contributed by atoms with Crippen LogP contribution in [-0.2, 0) is 0 Å². The van der Waals surface area contributed by atoms with E-state index in [0.717, 1.165) is 0 Å². The standard InChI is InChI=1S/2C3H3NO.C3H3NS/c1-2-5-3-4-1;1-2-4-5-3-1;1-2-5-3-4-1/h3*1-3H. The van der Waals surface area contributed by atoms with E-state index in [1.54, 1.807) is 41.5 Å². The fourth-order valence-electron chi connectivity index (χ4n) is 0.527. The molecule has 3 aromatic heterocycles. The molecule has 0 fully saturated rings. The first-order valence-corrected chi connectivity index (χ1v) is 4.93. The van der Waals surface area contributed by atoms with Gasteiger partial charge < -0.3 is 8.94 Å². The summed E-state index contributed by atoms with van der Waals surface area (Å²) in [5.74, 6) is 0. The molecule has 3 heterocycles. The summed E-state index contributed by atoms with van der Waals surface area (Å²) in [5, 5.41) is 5.28. The predicted octanol–water partition coefficient (Wildman–Crippen LogP) is 2.49. The second-order valence-corrected chi connectivity index (χ2v) is 2.80. The van der Waals surface area contributed by atoms with Gasteiger partial charge in [-0.25, -0.2) is 4.98 Å². The van der Waals surface area contributed by atoms with Gasteiger partial charge in [0.2, 0.25) is 0 Å². The van der Waals surface area contributed by atoms with Crippen LogP contribution >= 0.6 is 11.3 Å². The van der Waals surface area contributed by atoms with Crippen LogP contribution in [0.2, 0.25) is 0 Å². The first-order valence-electron chi connectivity index (χ1n) is 3.99. The molecule has 0 aliphatic heterocycles. The Morgan fingerprint density at radius 1 is 1.00 bits per heavy atom. The van der Waals surface area contributed by atoms with Crippen LogP contribution < -0.4 is 0 Å². The Hall–Kier alpha value is -1.95. The van der Waals surface area contributed by atoms with E-state index >= 15 is 0 Å². The van der Waals surface area contributed by atoms with Gasteiger partial charge in [0, 0.05) is 11.6 Å². The third-order valence-electron chi connectivity index (χ3n) is 1.04. The number of oxazole rings is 1. The zero-order valence-corrected chi connectivity index (χ0v) is 8.58. The van der Waals surface area contributed by atoms with Crippen LogP contribution in [0.25, 0.3) is 0 Å². The van der Waals surface area contributed by atoms with Crippen molar-refractivity contribution in [2.45, 2.75) is 0 Å². The largest absolute Gasteiger partial charge is 0.452 e. The molecule has 0 unspecified atom stereocenters. The molecule has 0 bridgehead atoms. The lowest BCUT2D eigenvalue weighted by molar-refractivity contribution is 0.420. The number of rotatable bonds is 0. The number of hydrogen-bond acceptors (Lipinski definition) is 6. The summed E-state index contributed by atoms with van der Waals surface area (Å²) >= 11 is 1.60. The molecule has 3 aromatic rings. The van der Waals surface area contributed by atoms with Gasteiger partial charge in [0.25, 0.3) is 0 Å². The molecule has 0 saturated carbocycles. The molecular weight excluding hydrogens is 214 g/mol. The Kier molecular flexibility index (Phi) is 6.41. The average Bonchev–Trinajstić information content (AvgIpc) is 3.09. The quantitative estimate of drug-likeness (QED) is 0.585. The van der Waals surface area contributed by atoms with Gasteiger partial charge in [0.1, 0.15) is 12.5 Å². The molecule has 0 saturated heterocycles. The fraction of sp³-hybridized carbons (Fsp3) is 0. The summed E-state index contributed by atoms with van der Waals surface area (Å²) < 4.78 is 8.81. The maximum absolute atomic E-state index is 4.47. The maximum atomic E-state index is 4.47. The minimum atomic E-state index is 1.38. The fourth-order valence-corrected chi connectivity index (χ4v) is 0.878. The SMILES string of the molecule is c1cnoc1.c1cocn1.c1cscn1. The minimum absolute atomic E-state index is 1.38. The van der Waals surface area contributed by atoms with Crippen molar-refractivity contribution in [1.29, 1.82) is 0 Å². The molecule has 78 valence electrons. The van der Waals surface area contributed by atoms with Crippen LogP contribution in [0, 0.1) is 0 Å². The zero-order valence-electron chi connectivity index (χ0n) is 7.76. The summed E-state index contributed by atoms with van der Waals surface area (Å²) in [5.41, 5.74) is 1.79. The van der Waals surface area contributed by atoms with Crippen LogP contribution in [0.15, 0.2) is 63.4 Å². The Balaban J connectivity index is 0.000000112. The van der Waals surface area contributed by atoms with Gasteiger partial charge in [-0.2, -0.15) is 0 Å². The normalized spacial score (nSPS) is 8.00. The molecule has 6 heteroatoms. The molecule has 0 atom stereocenters. The van der Waals surface area contributed by atoms with Crippen LogP contribution in [0.3, 0.4) is 0 Å². The molecule has 0 spiro atoms. The van der Waals surface area contributed by atoms with E-state index in [1.165, 1.54) is 18.9 Å². The van der Waals surface area contributed by atoms with Crippen LogP contribution in [-0.4, -0.2) is 15.1 Å². The van der Waals surface area contributed by atoms with E-state index in [0.29, 0.717) is 0 Å². The van der Waals surface area contributed by atoms with Crippen molar-refractivity contribution in [2.75, 3.05) is 0 Å². The van der Waals surface area contributed by atoms with Gasteiger partial charge in [-0.3, -0.25) is 4.98 Å². The predicted molar refractivity (Wildman–Crippen MR) is 55.1 cm³/mol. The van der Waals surface area contributed by atoms with Crippen molar-refractivity contribution in [2.24, 2.45) is 0 Å². The van der Waals surface area contributed by atoms with Gasteiger partial charge in [0.05, 0.1) is 17.9 Å². The molecular formula is C9H9N3O2S. The summed E-state index contributed by atoms with van der Waals surface area (Å²) in [6.07, 6.45) is 9.34. The third kappa shape index (κ3) is 7.15. The number of thiazole rings is 1. The van der Waals surface area contributed by atoms with E-state index in [4.69, 9.17) is 0 Å². The minimum Gasteiger partial charge on any atom is -0.452 e. The molecule has 3 rings (SSSR count). The summed E-state index contributed by atoms with van der Waals surface area (Å²) in [6.45, 7) is 0. The second kappa shape index (κ2) is 8.64. The molecule has 0 amide bonds. The van der Waals surface area contributed by atoms with Gasteiger partial charge in [0.15, 0.2) is 6.39 Å².